The van der Waals surface area contributed by atoms with Gasteiger partial charge in [0.1, 0.15) is 11.6 Å². The summed E-state index contributed by atoms with van der Waals surface area (Å²) in [6, 6.07) is 2.43. The quantitative estimate of drug-likeness (QED) is 0.771. The Balaban J connectivity index is 2.74. The van der Waals surface area contributed by atoms with Gasteiger partial charge in [-0.1, -0.05) is 13.8 Å². The number of aryl methyl sites for hydroxylation is 2. The Labute approximate surface area is 97.7 Å². The molecule has 0 spiro atoms. The predicted molar refractivity (Wildman–Crippen MR) is 67.5 cm³/mol. The predicted octanol–water partition coefficient (Wildman–Crippen LogP) is 1.89. The Hall–Kier alpha value is -1.16. The number of nitrogens with two attached hydrogens (primary N) is 1. The molecule has 1 heterocycles. The molecule has 4 nitrogen and oxygen atoms in total. The van der Waals surface area contributed by atoms with Gasteiger partial charge >= 0.3 is 0 Å². The molecule has 3 N–H and O–H groups in total. The lowest BCUT2D eigenvalue weighted by Gasteiger charge is -2.17. The number of hydrogen-bond donors (Lipinski definition) is 2. The van der Waals surface area contributed by atoms with Crippen molar-refractivity contribution in [2.45, 2.75) is 46.1 Å². The molecule has 1 aromatic heterocycles. The van der Waals surface area contributed by atoms with Gasteiger partial charge in [0.05, 0.1) is 0 Å². The fourth-order valence-electron chi connectivity index (χ4n) is 1.67. The maximum absolute atomic E-state index is 5.57. The molecule has 0 amide bonds. The standard InChI is InChI=1S/C12H22N4/c1-4-10(6-7-13)16-12-8-11(5-2)14-9(3)15-12/h8,10H,4-7,13H2,1-3H3,(H,14,15,16). The van der Waals surface area contributed by atoms with Crippen LogP contribution in [0.15, 0.2) is 6.07 Å². The molecule has 1 unspecified atom stereocenters. The van der Waals surface area contributed by atoms with E-state index in [-0.39, 0.29) is 0 Å². The van der Waals surface area contributed by atoms with E-state index < -0.39 is 0 Å². The minimum atomic E-state index is 0.406. The van der Waals surface area contributed by atoms with Crippen LogP contribution in [-0.2, 0) is 6.42 Å². The number of rotatable bonds is 6. The second-order valence-corrected chi connectivity index (χ2v) is 3.97. The first-order chi connectivity index (χ1) is 7.69. The molecule has 0 bridgehead atoms. The van der Waals surface area contributed by atoms with Crippen molar-refractivity contribution in [3.05, 3.63) is 17.6 Å². The first-order valence-corrected chi connectivity index (χ1v) is 6.00. The summed E-state index contributed by atoms with van der Waals surface area (Å²) in [5.74, 6) is 1.74. The molecule has 90 valence electrons. The van der Waals surface area contributed by atoms with Crippen molar-refractivity contribution in [3.63, 3.8) is 0 Å². The normalized spacial score (nSPS) is 12.5. The number of anilines is 1. The highest BCUT2D eigenvalue weighted by Gasteiger charge is 2.07. The highest BCUT2D eigenvalue weighted by Crippen LogP contribution is 2.11. The molecule has 0 saturated heterocycles. The molecule has 0 aliphatic rings. The Morgan fingerprint density at radius 1 is 1.38 bits per heavy atom. The van der Waals surface area contributed by atoms with Crippen LogP contribution in [0, 0.1) is 6.92 Å². The van der Waals surface area contributed by atoms with E-state index in [1.807, 2.05) is 13.0 Å². The number of nitrogens with one attached hydrogen (secondary N) is 1. The van der Waals surface area contributed by atoms with Crippen molar-refractivity contribution < 1.29 is 0 Å². The monoisotopic (exact) mass is 222 g/mol. The molecular weight excluding hydrogens is 200 g/mol. The second-order valence-electron chi connectivity index (χ2n) is 3.97. The Kier molecular flexibility index (Phi) is 5.19. The minimum absolute atomic E-state index is 0.406. The van der Waals surface area contributed by atoms with E-state index in [1.165, 1.54) is 0 Å². The third-order valence-corrected chi connectivity index (χ3v) is 2.61. The van der Waals surface area contributed by atoms with Crippen LogP contribution in [0.25, 0.3) is 0 Å². The van der Waals surface area contributed by atoms with Gasteiger partial charge in [0.25, 0.3) is 0 Å². The zero-order valence-corrected chi connectivity index (χ0v) is 10.5. The van der Waals surface area contributed by atoms with Gasteiger partial charge in [-0.25, -0.2) is 9.97 Å². The minimum Gasteiger partial charge on any atom is -0.367 e. The van der Waals surface area contributed by atoms with E-state index in [0.717, 1.165) is 36.6 Å². The highest BCUT2D eigenvalue weighted by atomic mass is 15.0. The van der Waals surface area contributed by atoms with Crippen molar-refractivity contribution in [2.75, 3.05) is 11.9 Å². The lowest BCUT2D eigenvalue weighted by molar-refractivity contribution is 0.638. The summed E-state index contributed by atoms with van der Waals surface area (Å²) < 4.78 is 0. The topological polar surface area (TPSA) is 63.8 Å². The zero-order chi connectivity index (χ0) is 12.0. The Morgan fingerprint density at radius 3 is 2.69 bits per heavy atom. The van der Waals surface area contributed by atoms with Crippen LogP contribution >= 0.6 is 0 Å². The van der Waals surface area contributed by atoms with E-state index in [9.17, 15) is 0 Å². The average Bonchev–Trinajstić information content (AvgIpc) is 2.27. The smallest absolute Gasteiger partial charge is 0.130 e. The maximum Gasteiger partial charge on any atom is 0.130 e. The van der Waals surface area contributed by atoms with Crippen molar-refractivity contribution in [1.82, 2.24) is 9.97 Å². The summed E-state index contributed by atoms with van der Waals surface area (Å²) in [4.78, 5) is 8.74. The van der Waals surface area contributed by atoms with Crippen LogP contribution < -0.4 is 11.1 Å². The summed E-state index contributed by atoms with van der Waals surface area (Å²) >= 11 is 0. The van der Waals surface area contributed by atoms with Crippen LogP contribution in [0.4, 0.5) is 5.82 Å². The maximum atomic E-state index is 5.57. The first kappa shape index (κ1) is 12.9. The summed E-state index contributed by atoms with van der Waals surface area (Å²) in [5, 5.41) is 3.41. The van der Waals surface area contributed by atoms with E-state index in [1.54, 1.807) is 0 Å². The lowest BCUT2D eigenvalue weighted by Crippen LogP contribution is -2.23. The number of aromatic nitrogens is 2. The molecule has 1 rings (SSSR count). The molecule has 0 aliphatic carbocycles. The van der Waals surface area contributed by atoms with Gasteiger partial charge in [-0.15, -0.1) is 0 Å². The summed E-state index contributed by atoms with van der Waals surface area (Å²) in [6.45, 7) is 6.88. The molecule has 0 aliphatic heterocycles. The number of nitrogens with zero attached hydrogens (tertiary/aromatic N) is 2. The van der Waals surface area contributed by atoms with Gasteiger partial charge in [-0.3, -0.25) is 0 Å². The third kappa shape index (κ3) is 3.77. The van der Waals surface area contributed by atoms with Crippen molar-refractivity contribution in [2.24, 2.45) is 5.73 Å². The summed E-state index contributed by atoms with van der Waals surface area (Å²) in [6.07, 6.45) is 2.97. The van der Waals surface area contributed by atoms with Crippen LogP contribution in [0.1, 0.15) is 38.2 Å². The molecular formula is C12H22N4. The van der Waals surface area contributed by atoms with Gasteiger partial charge in [0.2, 0.25) is 0 Å². The average molecular weight is 222 g/mol. The van der Waals surface area contributed by atoms with Gasteiger partial charge in [-0.05, 0) is 32.7 Å². The molecule has 0 radical (unpaired) electrons. The van der Waals surface area contributed by atoms with Crippen LogP contribution in [0.2, 0.25) is 0 Å². The number of hydrogen-bond acceptors (Lipinski definition) is 4. The SMILES string of the molecule is CCc1cc(NC(CC)CCN)nc(C)n1. The Morgan fingerprint density at radius 2 is 2.12 bits per heavy atom. The molecule has 4 heteroatoms. The van der Waals surface area contributed by atoms with E-state index in [4.69, 9.17) is 5.73 Å². The van der Waals surface area contributed by atoms with Crippen LogP contribution in [0.3, 0.4) is 0 Å². The molecule has 1 aromatic rings. The third-order valence-electron chi connectivity index (χ3n) is 2.61. The van der Waals surface area contributed by atoms with E-state index >= 15 is 0 Å². The van der Waals surface area contributed by atoms with E-state index in [2.05, 4.69) is 29.1 Å². The lowest BCUT2D eigenvalue weighted by atomic mass is 10.1. The van der Waals surface area contributed by atoms with Gasteiger partial charge < -0.3 is 11.1 Å². The molecule has 16 heavy (non-hydrogen) atoms. The Bertz CT molecular complexity index is 325. The van der Waals surface area contributed by atoms with Gasteiger partial charge in [-0.2, -0.15) is 0 Å². The van der Waals surface area contributed by atoms with E-state index in [0.29, 0.717) is 12.6 Å². The van der Waals surface area contributed by atoms with Crippen molar-refractivity contribution in [3.8, 4) is 0 Å². The highest BCUT2D eigenvalue weighted by molar-refractivity contribution is 5.37. The van der Waals surface area contributed by atoms with Gasteiger partial charge in [0.15, 0.2) is 0 Å². The van der Waals surface area contributed by atoms with Crippen molar-refractivity contribution in [1.29, 1.82) is 0 Å². The summed E-state index contributed by atoms with van der Waals surface area (Å²) in [7, 11) is 0. The molecule has 0 fully saturated rings. The van der Waals surface area contributed by atoms with Crippen LogP contribution in [0.5, 0.6) is 0 Å². The zero-order valence-electron chi connectivity index (χ0n) is 10.5. The van der Waals surface area contributed by atoms with Crippen LogP contribution in [-0.4, -0.2) is 22.6 Å². The fraction of sp³-hybridized carbons (Fsp3) is 0.667. The second kappa shape index (κ2) is 6.43. The summed E-state index contributed by atoms with van der Waals surface area (Å²) in [5.41, 5.74) is 6.65. The fourth-order valence-corrected chi connectivity index (χ4v) is 1.67. The first-order valence-electron chi connectivity index (χ1n) is 6.00. The molecule has 1 atom stereocenters. The largest absolute Gasteiger partial charge is 0.367 e. The van der Waals surface area contributed by atoms with Gasteiger partial charge in [0, 0.05) is 17.8 Å². The molecule has 0 saturated carbocycles. The molecule has 0 aromatic carbocycles. The van der Waals surface area contributed by atoms with Crippen molar-refractivity contribution >= 4 is 5.82 Å².